The van der Waals surface area contributed by atoms with E-state index in [0.717, 1.165) is 38.4 Å². The zero-order chi connectivity index (χ0) is 20.1. The summed E-state index contributed by atoms with van der Waals surface area (Å²) >= 11 is 6.10. The van der Waals surface area contributed by atoms with Crippen LogP contribution in [0.2, 0.25) is 5.02 Å². The molecule has 0 atom stereocenters. The van der Waals surface area contributed by atoms with E-state index in [-0.39, 0.29) is 0 Å². The van der Waals surface area contributed by atoms with Crippen LogP contribution in [0.5, 0.6) is 0 Å². The van der Waals surface area contributed by atoms with Crippen LogP contribution in [0, 0.1) is 6.92 Å². The minimum absolute atomic E-state index is 0.726. The fourth-order valence-electron chi connectivity index (χ4n) is 3.25. The molecule has 0 aromatic heterocycles. The van der Waals surface area contributed by atoms with Crippen LogP contribution in [0.15, 0.2) is 97.1 Å². The summed E-state index contributed by atoms with van der Waals surface area (Å²) in [6, 6.07) is 32.7. The third-order valence-corrected chi connectivity index (χ3v) is 5.04. The van der Waals surface area contributed by atoms with Gasteiger partial charge < -0.3 is 0 Å². The molecule has 0 aliphatic heterocycles. The van der Waals surface area contributed by atoms with E-state index < -0.39 is 0 Å². The Morgan fingerprint density at radius 3 is 1.90 bits per heavy atom. The van der Waals surface area contributed by atoms with E-state index in [0.29, 0.717) is 0 Å². The van der Waals surface area contributed by atoms with Gasteiger partial charge in [0.25, 0.3) is 6.21 Å². The number of nitrogens with zero attached hydrogens (tertiary/aromatic N) is 1. The number of hydrogen-bond donors (Lipinski definition) is 0. The summed E-state index contributed by atoms with van der Waals surface area (Å²) in [7, 11) is 0. The maximum Gasteiger partial charge on any atom is 0.290 e. The van der Waals surface area contributed by atoms with Gasteiger partial charge in [-0.1, -0.05) is 83.4 Å². The van der Waals surface area contributed by atoms with Gasteiger partial charge in [-0.05, 0) is 41.3 Å². The number of rotatable bonds is 4. The summed E-state index contributed by atoms with van der Waals surface area (Å²) < 4.78 is 4.52. The van der Waals surface area contributed by atoms with E-state index in [1.54, 1.807) is 0 Å². The van der Waals surface area contributed by atoms with E-state index in [9.17, 15) is 0 Å². The van der Waals surface area contributed by atoms with Gasteiger partial charge in [-0.25, -0.2) is 0 Å². The monoisotopic (exact) mass is 393 g/mol. The molecule has 140 valence electrons. The molecule has 0 aliphatic rings. The Morgan fingerprint density at radius 2 is 1.28 bits per heavy atom. The summed E-state index contributed by atoms with van der Waals surface area (Å²) in [5.74, 6) is 0. The summed E-state index contributed by atoms with van der Waals surface area (Å²) in [4.78, 5) is 0. The van der Waals surface area contributed by atoms with E-state index in [1.165, 1.54) is 5.56 Å². The Morgan fingerprint density at radius 1 is 0.690 bits per heavy atom. The third-order valence-electron chi connectivity index (χ3n) is 4.79. The van der Waals surface area contributed by atoms with Gasteiger partial charge in [-0.15, -0.1) is 24.3 Å². The molecule has 0 aliphatic carbocycles. The van der Waals surface area contributed by atoms with Gasteiger partial charge >= 0.3 is 0 Å². The molecule has 0 radical (unpaired) electrons. The van der Waals surface area contributed by atoms with E-state index in [4.69, 9.17) is 11.6 Å². The second-order valence-electron chi connectivity index (χ2n) is 6.88. The first-order valence-electron chi connectivity index (χ1n) is 9.51. The highest BCUT2D eigenvalue weighted by atomic mass is 35.5. The molecule has 4 aromatic carbocycles. The summed E-state index contributed by atoms with van der Waals surface area (Å²) in [5, 5.41) is 0.726. The van der Waals surface area contributed by atoms with Crippen molar-refractivity contribution < 1.29 is 0 Å². The topological polar surface area (TPSA) is 14.1 Å². The lowest BCUT2D eigenvalue weighted by Gasteiger charge is -2.11. The molecule has 0 fully saturated rings. The zero-order valence-electron chi connectivity index (χ0n) is 16.1. The van der Waals surface area contributed by atoms with Gasteiger partial charge in [-0.2, -0.15) is 4.67 Å². The number of benzene rings is 4. The van der Waals surface area contributed by atoms with Gasteiger partial charge in [-0.3, -0.25) is 0 Å². The maximum atomic E-state index is 6.10. The van der Waals surface area contributed by atoms with Crippen molar-refractivity contribution in [1.82, 2.24) is 4.67 Å². The summed E-state index contributed by atoms with van der Waals surface area (Å²) in [6.45, 7) is 2.10. The van der Waals surface area contributed by atoms with Crippen molar-refractivity contribution in [3.8, 4) is 22.3 Å². The van der Waals surface area contributed by atoms with Gasteiger partial charge in [0, 0.05) is 10.6 Å². The standard InChI is InChI=1S/C27H20ClN/c1-20-10-12-22(13-11-20)25-8-5-9-26(23-14-16-24(28)17-15-23)27(25)19-29-18-21-6-3-2-4-7-21/h2-17,19H,1H3. The van der Waals surface area contributed by atoms with Crippen LogP contribution in [0.25, 0.3) is 22.3 Å². The Labute approximate surface area is 176 Å². The Bertz CT molecular complexity index is 1100. The van der Waals surface area contributed by atoms with Gasteiger partial charge in [0.15, 0.2) is 0 Å². The predicted molar refractivity (Wildman–Crippen MR) is 125 cm³/mol. The zero-order valence-corrected chi connectivity index (χ0v) is 16.9. The average Bonchev–Trinajstić information content (AvgIpc) is 2.76. The first-order valence-corrected chi connectivity index (χ1v) is 9.88. The quantitative estimate of drug-likeness (QED) is 0.214. The maximum absolute atomic E-state index is 6.10. The molecular formula is C27H20ClN. The van der Waals surface area contributed by atoms with Crippen molar-refractivity contribution in [2.45, 2.75) is 6.92 Å². The van der Waals surface area contributed by atoms with Crippen molar-refractivity contribution in [3.05, 3.63) is 119 Å². The minimum atomic E-state index is 0.726. The van der Waals surface area contributed by atoms with Gasteiger partial charge in [0.05, 0.1) is 0 Å². The molecule has 2 heteroatoms. The van der Waals surface area contributed by atoms with Crippen molar-refractivity contribution in [3.63, 3.8) is 0 Å². The number of halogens is 1. The van der Waals surface area contributed by atoms with E-state index in [1.807, 2.05) is 60.8 Å². The molecular weight excluding hydrogens is 374 g/mol. The lowest BCUT2D eigenvalue weighted by atomic mass is 9.92. The second kappa shape index (κ2) is 8.75. The fourth-order valence-corrected chi connectivity index (χ4v) is 3.38. The molecule has 1 nitrogen and oxygen atoms in total. The molecule has 0 bridgehead atoms. The number of hydrogen-bond acceptors (Lipinski definition) is 0. The summed E-state index contributed by atoms with van der Waals surface area (Å²) in [5.41, 5.74) is 7.75. The Kier molecular flexibility index (Phi) is 5.72. The van der Waals surface area contributed by atoms with Crippen LogP contribution in [0.4, 0.5) is 0 Å². The van der Waals surface area contributed by atoms with Crippen LogP contribution >= 0.6 is 11.6 Å². The third kappa shape index (κ3) is 4.55. The lowest BCUT2D eigenvalue weighted by Crippen LogP contribution is -1.96. The van der Waals surface area contributed by atoms with Crippen LogP contribution in [-0.4, -0.2) is 12.4 Å². The molecule has 0 saturated carbocycles. The number of aryl methyl sites for hydroxylation is 1. The molecule has 0 heterocycles. The highest BCUT2D eigenvalue weighted by Crippen LogP contribution is 2.31. The Balaban J connectivity index is 1.87. The van der Waals surface area contributed by atoms with E-state index >= 15 is 0 Å². The smallest absolute Gasteiger partial charge is 0.187 e. The SMILES string of the molecule is Cc1ccc(-c2cccc(-c3ccc(Cl)cc3)c2C=[N+]=[C-]c2ccccc2)cc1. The molecule has 0 unspecified atom stereocenters. The molecule has 4 rings (SSSR count). The highest BCUT2D eigenvalue weighted by molar-refractivity contribution is 6.30. The summed E-state index contributed by atoms with van der Waals surface area (Å²) in [6.07, 6.45) is 5.01. The predicted octanol–water partition coefficient (Wildman–Crippen LogP) is 6.46. The Hall–Kier alpha value is -3.38. The van der Waals surface area contributed by atoms with Crippen molar-refractivity contribution >= 4 is 24.0 Å². The first kappa shape index (κ1) is 19.0. The van der Waals surface area contributed by atoms with E-state index in [2.05, 4.69) is 60.3 Å². The molecule has 0 N–H and O–H groups in total. The normalized spacial score (nSPS) is 10.3. The molecule has 29 heavy (non-hydrogen) atoms. The molecule has 0 spiro atoms. The van der Waals surface area contributed by atoms with Gasteiger partial charge in [0.1, 0.15) is 0 Å². The van der Waals surface area contributed by atoms with Crippen molar-refractivity contribution in [2.75, 3.05) is 0 Å². The van der Waals surface area contributed by atoms with Crippen LogP contribution in [0.3, 0.4) is 0 Å². The van der Waals surface area contributed by atoms with Crippen LogP contribution < -0.4 is 4.67 Å². The molecule has 0 amide bonds. The van der Waals surface area contributed by atoms with Crippen LogP contribution in [0.1, 0.15) is 16.7 Å². The first-order chi connectivity index (χ1) is 14.2. The van der Waals surface area contributed by atoms with Crippen LogP contribution in [-0.2, 0) is 0 Å². The fraction of sp³-hybridized carbons (Fsp3) is 0.0370. The average molecular weight is 394 g/mol. The highest BCUT2D eigenvalue weighted by Gasteiger charge is 2.12. The largest absolute Gasteiger partial charge is 0.290 e. The van der Waals surface area contributed by atoms with Crippen molar-refractivity contribution in [1.29, 1.82) is 0 Å². The van der Waals surface area contributed by atoms with Crippen molar-refractivity contribution in [2.24, 2.45) is 0 Å². The minimum Gasteiger partial charge on any atom is -0.187 e. The lowest BCUT2D eigenvalue weighted by molar-refractivity contribution is 1.46. The molecule has 0 saturated heterocycles. The molecule has 4 aromatic rings. The second-order valence-corrected chi connectivity index (χ2v) is 7.31. The van der Waals surface area contributed by atoms with Gasteiger partial charge in [0.2, 0.25) is 6.21 Å².